The molecule has 0 atom stereocenters. The van der Waals surface area contributed by atoms with Gasteiger partial charge in [0.05, 0.1) is 5.60 Å². The fourth-order valence-corrected chi connectivity index (χ4v) is 2.16. The van der Waals surface area contributed by atoms with E-state index >= 15 is 0 Å². The molecule has 0 aromatic carbocycles. The first-order chi connectivity index (χ1) is 6.45. The highest BCUT2D eigenvalue weighted by atomic mass is 16.3. The average Bonchev–Trinajstić information content (AvgIpc) is 2.74. The number of aliphatic hydroxyl groups is 2. The normalized spacial score (nSPS) is 27.4. The highest BCUT2D eigenvalue weighted by Gasteiger charge is 2.47. The molecular formula is C11H21NO2. The van der Waals surface area contributed by atoms with Crippen molar-refractivity contribution in [2.45, 2.75) is 32.3 Å². The van der Waals surface area contributed by atoms with Gasteiger partial charge >= 0.3 is 0 Å². The molecular weight excluding hydrogens is 178 g/mol. The third kappa shape index (κ3) is 1.95. The number of likely N-dealkylation sites (tertiary alicyclic amines) is 1. The molecule has 0 amide bonds. The summed E-state index contributed by atoms with van der Waals surface area (Å²) in [7, 11) is 0. The molecule has 0 aromatic rings. The number of aliphatic hydroxyl groups excluding tert-OH is 1. The first-order valence-electron chi connectivity index (χ1n) is 5.51. The lowest BCUT2D eigenvalue weighted by molar-refractivity contribution is -0.0696. The van der Waals surface area contributed by atoms with Gasteiger partial charge in [-0.25, -0.2) is 0 Å². The van der Waals surface area contributed by atoms with Crippen molar-refractivity contribution in [2.75, 3.05) is 26.2 Å². The SMILES string of the molecule is CC(C)(O)C1CN(CC2(CO)CC2)C1. The zero-order valence-corrected chi connectivity index (χ0v) is 9.16. The van der Waals surface area contributed by atoms with Gasteiger partial charge < -0.3 is 15.1 Å². The van der Waals surface area contributed by atoms with E-state index in [4.69, 9.17) is 0 Å². The molecule has 3 heteroatoms. The number of hydrogen-bond donors (Lipinski definition) is 2. The largest absolute Gasteiger partial charge is 0.396 e. The minimum absolute atomic E-state index is 0.227. The zero-order chi connectivity index (χ0) is 10.4. The van der Waals surface area contributed by atoms with Crippen molar-refractivity contribution in [1.29, 1.82) is 0 Å². The summed E-state index contributed by atoms with van der Waals surface area (Å²) in [6.45, 7) is 7.10. The van der Waals surface area contributed by atoms with Crippen LogP contribution in [0.15, 0.2) is 0 Å². The Balaban J connectivity index is 1.73. The van der Waals surface area contributed by atoms with E-state index in [1.165, 1.54) is 12.8 Å². The van der Waals surface area contributed by atoms with Crippen LogP contribution in [0.2, 0.25) is 0 Å². The maximum atomic E-state index is 9.75. The molecule has 1 aliphatic heterocycles. The van der Waals surface area contributed by atoms with Crippen LogP contribution in [0.3, 0.4) is 0 Å². The van der Waals surface area contributed by atoms with E-state index in [2.05, 4.69) is 4.90 Å². The van der Waals surface area contributed by atoms with E-state index in [1.807, 2.05) is 13.8 Å². The monoisotopic (exact) mass is 199 g/mol. The minimum Gasteiger partial charge on any atom is -0.396 e. The maximum absolute atomic E-state index is 9.75. The topological polar surface area (TPSA) is 43.7 Å². The fourth-order valence-electron chi connectivity index (χ4n) is 2.16. The van der Waals surface area contributed by atoms with Gasteiger partial charge in [0.25, 0.3) is 0 Å². The summed E-state index contributed by atoms with van der Waals surface area (Å²) in [5.74, 6) is 0.414. The highest BCUT2D eigenvalue weighted by molar-refractivity contribution is 4.99. The summed E-state index contributed by atoms with van der Waals surface area (Å²) in [5, 5.41) is 18.9. The van der Waals surface area contributed by atoms with Crippen molar-refractivity contribution in [3.8, 4) is 0 Å². The molecule has 0 radical (unpaired) electrons. The summed E-state index contributed by atoms with van der Waals surface area (Å²) in [4.78, 5) is 2.35. The fraction of sp³-hybridized carbons (Fsp3) is 1.00. The van der Waals surface area contributed by atoms with Crippen molar-refractivity contribution in [3.05, 3.63) is 0 Å². The Kier molecular flexibility index (Phi) is 2.37. The van der Waals surface area contributed by atoms with Crippen molar-refractivity contribution in [1.82, 2.24) is 4.90 Å². The van der Waals surface area contributed by atoms with Crippen LogP contribution >= 0.6 is 0 Å². The van der Waals surface area contributed by atoms with E-state index < -0.39 is 5.60 Å². The van der Waals surface area contributed by atoms with Crippen LogP contribution < -0.4 is 0 Å². The molecule has 0 bridgehead atoms. The van der Waals surface area contributed by atoms with E-state index in [-0.39, 0.29) is 5.41 Å². The lowest BCUT2D eigenvalue weighted by Crippen LogP contribution is -2.57. The highest BCUT2D eigenvalue weighted by Crippen LogP contribution is 2.46. The molecule has 0 aromatic heterocycles. The summed E-state index contributed by atoms with van der Waals surface area (Å²) in [5.41, 5.74) is -0.309. The third-order valence-corrected chi connectivity index (χ3v) is 3.81. The Labute approximate surface area is 85.7 Å². The number of hydrogen-bond acceptors (Lipinski definition) is 3. The maximum Gasteiger partial charge on any atom is 0.0644 e. The predicted octanol–water partition coefficient (Wildman–Crippen LogP) is 0.462. The van der Waals surface area contributed by atoms with Crippen LogP contribution in [-0.2, 0) is 0 Å². The minimum atomic E-state index is -0.535. The molecule has 2 rings (SSSR count). The van der Waals surface area contributed by atoms with Gasteiger partial charge in [-0.15, -0.1) is 0 Å². The molecule has 0 unspecified atom stereocenters. The molecule has 1 aliphatic carbocycles. The van der Waals surface area contributed by atoms with Gasteiger partial charge in [0, 0.05) is 37.6 Å². The second-order valence-electron chi connectivity index (χ2n) is 5.70. The van der Waals surface area contributed by atoms with Gasteiger partial charge in [0.2, 0.25) is 0 Å². The van der Waals surface area contributed by atoms with Crippen molar-refractivity contribution >= 4 is 0 Å². The van der Waals surface area contributed by atoms with Crippen LogP contribution in [0, 0.1) is 11.3 Å². The van der Waals surface area contributed by atoms with E-state index in [0.717, 1.165) is 19.6 Å². The summed E-state index contributed by atoms with van der Waals surface area (Å²) in [6.07, 6.45) is 2.35. The summed E-state index contributed by atoms with van der Waals surface area (Å²) in [6, 6.07) is 0. The van der Waals surface area contributed by atoms with Gasteiger partial charge in [-0.3, -0.25) is 0 Å². The Morgan fingerprint density at radius 2 is 1.93 bits per heavy atom. The quantitative estimate of drug-likeness (QED) is 0.691. The molecule has 1 saturated carbocycles. The lowest BCUT2D eigenvalue weighted by atomic mass is 9.84. The Morgan fingerprint density at radius 1 is 1.36 bits per heavy atom. The molecule has 2 aliphatic rings. The Morgan fingerprint density at radius 3 is 2.29 bits per heavy atom. The average molecular weight is 199 g/mol. The second-order valence-corrected chi connectivity index (χ2v) is 5.70. The Bertz CT molecular complexity index is 212. The van der Waals surface area contributed by atoms with Crippen LogP contribution in [0.25, 0.3) is 0 Å². The molecule has 1 saturated heterocycles. The third-order valence-electron chi connectivity index (χ3n) is 3.81. The summed E-state index contributed by atoms with van der Waals surface area (Å²) >= 11 is 0. The van der Waals surface area contributed by atoms with Gasteiger partial charge in [-0.2, -0.15) is 0 Å². The summed E-state index contributed by atoms with van der Waals surface area (Å²) < 4.78 is 0. The van der Waals surface area contributed by atoms with Crippen LogP contribution in [0.4, 0.5) is 0 Å². The first kappa shape index (κ1) is 10.4. The molecule has 14 heavy (non-hydrogen) atoms. The van der Waals surface area contributed by atoms with Crippen molar-refractivity contribution in [3.63, 3.8) is 0 Å². The molecule has 2 fully saturated rings. The predicted molar refractivity (Wildman–Crippen MR) is 55.0 cm³/mol. The van der Waals surface area contributed by atoms with E-state index in [0.29, 0.717) is 12.5 Å². The van der Waals surface area contributed by atoms with Crippen LogP contribution in [0.5, 0.6) is 0 Å². The van der Waals surface area contributed by atoms with Gasteiger partial charge in [0.15, 0.2) is 0 Å². The molecule has 82 valence electrons. The zero-order valence-electron chi connectivity index (χ0n) is 9.16. The molecule has 3 nitrogen and oxygen atoms in total. The number of nitrogens with zero attached hydrogens (tertiary/aromatic N) is 1. The molecule has 1 heterocycles. The van der Waals surface area contributed by atoms with Crippen molar-refractivity contribution < 1.29 is 10.2 Å². The van der Waals surface area contributed by atoms with E-state index in [1.54, 1.807) is 0 Å². The van der Waals surface area contributed by atoms with Crippen molar-refractivity contribution in [2.24, 2.45) is 11.3 Å². The Hall–Kier alpha value is -0.120. The van der Waals surface area contributed by atoms with Gasteiger partial charge in [-0.1, -0.05) is 0 Å². The standard InChI is InChI=1S/C11H21NO2/c1-10(2,14)9-5-12(6-9)7-11(8-13)3-4-11/h9,13-14H,3-8H2,1-2H3. The molecule has 0 spiro atoms. The smallest absolute Gasteiger partial charge is 0.0644 e. The number of rotatable bonds is 4. The van der Waals surface area contributed by atoms with Gasteiger partial charge in [-0.05, 0) is 26.7 Å². The second kappa shape index (κ2) is 3.19. The lowest BCUT2D eigenvalue weighted by Gasteiger charge is -2.46. The first-order valence-corrected chi connectivity index (χ1v) is 5.51. The van der Waals surface area contributed by atoms with Crippen LogP contribution in [-0.4, -0.2) is 47.0 Å². The van der Waals surface area contributed by atoms with E-state index in [9.17, 15) is 10.2 Å². The molecule has 2 N–H and O–H groups in total. The van der Waals surface area contributed by atoms with Gasteiger partial charge in [0.1, 0.15) is 0 Å². The van der Waals surface area contributed by atoms with Crippen LogP contribution in [0.1, 0.15) is 26.7 Å².